The Balaban J connectivity index is 1.63. The second kappa shape index (κ2) is 11.1. The molecule has 0 aliphatic rings. The molecule has 33 heavy (non-hydrogen) atoms. The van der Waals surface area contributed by atoms with Crippen molar-refractivity contribution in [1.82, 2.24) is 4.98 Å². The fraction of sp³-hybridized carbons (Fsp3) is 0.0833. The maximum absolute atomic E-state index is 12.4. The number of ether oxygens (including phenoxy) is 2. The SMILES string of the molecule is COc1cc(/C=C\C(=O)Nc2cccc(C(=O)Nc3ccccn3)c2)ccc1OCC(N)=O. The summed E-state index contributed by atoms with van der Waals surface area (Å²) in [6.07, 6.45) is 4.52. The normalized spacial score (nSPS) is 10.5. The van der Waals surface area contributed by atoms with E-state index in [0.29, 0.717) is 34.1 Å². The number of carbonyl (C=O) groups is 3. The maximum atomic E-state index is 12.4. The average molecular weight is 446 g/mol. The van der Waals surface area contributed by atoms with Crippen molar-refractivity contribution >= 4 is 35.3 Å². The van der Waals surface area contributed by atoms with Crippen LogP contribution in [0.25, 0.3) is 6.08 Å². The first-order valence-electron chi connectivity index (χ1n) is 9.85. The van der Waals surface area contributed by atoms with Gasteiger partial charge < -0.3 is 25.8 Å². The number of benzene rings is 2. The number of pyridine rings is 1. The molecule has 3 aromatic rings. The fourth-order valence-electron chi connectivity index (χ4n) is 2.78. The number of hydrogen-bond acceptors (Lipinski definition) is 6. The summed E-state index contributed by atoms with van der Waals surface area (Å²) in [5, 5.41) is 5.41. The molecule has 0 spiro atoms. The lowest BCUT2D eigenvalue weighted by Crippen LogP contribution is -2.20. The molecule has 4 N–H and O–H groups in total. The second-order valence-corrected chi connectivity index (χ2v) is 6.74. The molecule has 0 fully saturated rings. The van der Waals surface area contributed by atoms with Crippen molar-refractivity contribution < 1.29 is 23.9 Å². The van der Waals surface area contributed by atoms with Gasteiger partial charge in [0.05, 0.1) is 7.11 Å². The number of nitrogens with zero attached hydrogens (tertiary/aromatic N) is 1. The quantitative estimate of drug-likeness (QED) is 0.433. The van der Waals surface area contributed by atoms with Crippen LogP contribution in [0.5, 0.6) is 11.5 Å². The summed E-state index contributed by atoms with van der Waals surface area (Å²) in [6.45, 7) is -0.271. The summed E-state index contributed by atoms with van der Waals surface area (Å²) in [5.41, 5.74) is 6.60. The van der Waals surface area contributed by atoms with Gasteiger partial charge >= 0.3 is 0 Å². The summed E-state index contributed by atoms with van der Waals surface area (Å²) in [6, 6.07) is 16.7. The molecule has 0 aliphatic carbocycles. The van der Waals surface area contributed by atoms with E-state index in [0.717, 1.165) is 0 Å². The van der Waals surface area contributed by atoms with Crippen LogP contribution in [0.3, 0.4) is 0 Å². The van der Waals surface area contributed by atoms with Crippen LogP contribution >= 0.6 is 0 Å². The highest BCUT2D eigenvalue weighted by Crippen LogP contribution is 2.28. The summed E-state index contributed by atoms with van der Waals surface area (Å²) >= 11 is 0. The molecular formula is C24H22N4O5. The van der Waals surface area contributed by atoms with Gasteiger partial charge in [-0.2, -0.15) is 0 Å². The first-order chi connectivity index (χ1) is 15.9. The van der Waals surface area contributed by atoms with E-state index in [1.54, 1.807) is 72.9 Å². The van der Waals surface area contributed by atoms with Crippen LogP contribution in [-0.2, 0) is 9.59 Å². The number of carbonyl (C=O) groups excluding carboxylic acids is 3. The molecule has 0 bridgehead atoms. The van der Waals surface area contributed by atoms with Crippen LogP contribution < -0.4 is 25.8 Å². The Labute approximate surface area is 190 Å². The summed E-state index contributed by atoms with van der Waals surface area (Å²) < 4.78 is 10.5. The number of nitrogens with one attached hydrogen (secondary N) is 2. The van der Waals surface area contributed by atoms with Crippen molar-refractivity contribution in [1.29, 1.82) is 0 Å². The van der Waals surface area contributed by atoms with Gasteiger partial charge in [-0.05, 0) is 54.1 Å². The van der Waals surface area contributed by atoms with E-state index in [1.807, 2.05) is 0 Å². The number of anilines is 2. The van der Waals surface area contributed by atoms with Crippen molar-refractivity contribution in [3.05, 3.63) is 84.1 Å². The number of nitrogens with two attached hydrogens (primary N) is 1. The molecule has 168 valence electrons. The first-order valence-corrected chi connectivity index (χ1v) is 9.85. The molecule has 0 aliphatic heterocycles. The zero-order valence-corrected chi connectivity index (χ0v) is 17.8. The minimum absolute atomic E-state index is 0.271. The van der Waals surface area contributed by atoms with Crippen LogP contribution in [0, 0.1) is 0 Å². The van der Waals surface area contributed by atoms with Crippen molar-refractivity contribution in [2.24, 2.45) is 5.73 Å². The van der Waals surface area contributed by atoms with Gasteiger partial charge in [0.15, 0.2) is 18.1 Å². The molecule has 3 amide bonds. The van der Waals surface area contributed by atoms with Gasteiger partial charge in [-0.25, -0.2) is 4.98 Å². The second-order valence-electron chi connectivity index (χ2n) is 6.74. The number of amides is 3. The van der Waals surface area contributed by atoms with Crippen molar-refractivity contribution in [2.45, 2.75) is 0 Å². The van der Waals surface area contributed by atoms with Gasteiger partial charge in [0.25, 0.3) is 11.8 Å². The zero-order chi connectivity index (χ0) is 23.6. The molecule has 9 heteroatoms. The minimum Gasteiger partial charge on any atom is -0.493 e. The molecule has 3 rings (SSSR count). The molecule has 0 radical (unpaired) electrons. The van der Waals surface area contributed by atoms with Gasteiger partial charge in [-0.15, -0.1) is 0 Å². The predicted octanol–water partition coefficient (Wildman–Crippen LogP) is 2.86. The number of aromatic nitrogens is 1. The van der Waals surface area contributed by atoms with Gasteiger partial charge in [0.2, 0.25) is 5.91 Å². The topological polar surface area (TPSA) is 133 Å². The predicted molar refractivity (Wildman–Crippen MR) is 124 cm³/mol. The van der Waals surface area contributed by atoms with E-state index >= 15 is 0 Å². The standard InChI is InChI=1S/C24H22N4O5/c1-32-20-13-16(8-10-19(20)33-15-21(25)29)9-11-23(30)27-18-6-4-5-17(14-18)24(31)28-22-7-2-3-12-26-22/h2-14H,15H2,1H3,(H2,25,29)(H,27,30)(H,26,28,31)/b11-9-. The average Bonchev–Trinajstić information content (AvgIpc) is 2.82. The lowest BCUT2D eigenvalue weighted by molar-refractivity contribution is -0.120. The molecule has 9 nitrogen and oxygen atoms in total. The number of primary amides is 1. The van der Waals surface area contributed by atoms with Crippen molar-refractivity contribution in [3.63, 3.8) is 0 Å². The van der Waals surface area contributed by atoms with E-state index < -0.39 is 5.91 Å². The van der Waals surface area contributed by atoms with E-state index in [4.69, 9.17) is 15.2 Å². The van der Waals surface area contributed by atoms with E-state index in [9.17, 15) is 14.4 Å². The highest BCUT2D eigenvalue weighted by Gasteiger charge is 2.09. The van der Waals surface area contributed by atoms with Gasteiger partial charge in [0, 0.05) is 23.5 Å². The number of rotatable bonds is 9. The van der Waals surface area contributed by atoms with Crippen LogP contribution in [0.4, 0.5) is 11.5 Å². The van der Waals surface area contributed by atoms with E-state index in [2.05, 4.69) is 15.6 Å². The van der Waals surface area contributed by atoms with E-state index in [-0.39, 0.29) is 18.4 Å². The van der Waals surface area contributed by atoms with Gasteiger partial charge in [-0.3, -0.25) is 14.4 Å². The lowest BCUT2D eigenvalue weighted by atomic mass is 10.1. The molecule has 0 saturated carbocycles. The molecule has 1 aromatic heterocycles. The lowest BCUT2D eigenvalue weighted by Gasteiger charge is -2.10. The smallest absolute Gasteiger partial charge is 0.256 e. The van der Waals surface area contributed by atoms with Crippen LogP contribution in [0.1, 0.15) is 15.9 Å². The molecule has 0 atom stereocenters. The monoisotopic (exact) mass is 446 g/mol. The Morgan fingerprint density at radius 3 is 2.58 bits per heavy atom. The van der Waals surface area contributed by atoms with Crippen molar-refractivity contribution in [3.8, 4) is 11.5 Å². The summed E-state index contributed by atoms with van der Waals surface area (Å²) in [4.78, 5) is 39.7. The number of methoxy groups -OCH3 is 1. The van der Waals surface area contributed by atoms with Crippen LogP contribution in [-0.4, -0.2) is 36.4 Å². The summed E-state index contributed by atoms with van der Waals surface area (Å²) in [7, 11) is 1.46. The van der Waals surface area contributed by atoms with Crippen molar-refractivity contribution in [2.75, 3.05) is 24.4 Å². The van der Waals surface area contributed by atoms with Crippen LogP contribution in [0.2, 0.25) is 0 Å². The highest BCUT2D eigenvalue weighted by molar-refractivity contribution is 6.06. The number of hydrogen-bond donors (Lipinski definition) is 3. The molecule has 1 heterocycles. The molecule has 0 saturated heterocycles. The Morgan fingerprint density at radius 2 is 1.85 bits per heavy atom. The Morgan fingerprint density at radius 1 is 1.00 bits per heavy atom. The van der Waals surface area contributed by atoms with Gasteiger partial charge in [-0.1, -0.05) is 18.2 Å². The Bertz CT molecular complexity index is 1180. The fourth-order valence-corrected chi connectivity index (χ4v) is 2.78. The third-order valence-corrected chi connectivity index (χ3v) is 4.28. The third kappa shape index (κ3) is 6.93. The third-order valence-electron chi connectivity index (χ3n) is 4.28. The Kier molecular flexibility index (Phi) is 7.74. The molecular weight excluding hydrogens is 424 g/mol. The van der Waals surface area contributed by atoms with Gasteiger partial charge in [0.1, 0.15) is 5.82 Å². The van der Waals surface area contributed by atoms with Crippen LogP contribution in [0.15, 0.2) is 72.9 Å². The molecule has 2 aromatic carbocycles. The first kappa shape index (κ1) is 23.0. The summed E-state index contributed by atoms with van der Waals surface area (Å²) in [5.74, 6) is -0.141. The zero-order valence-electron chi connectivity index (χ0n) is 17.8. The maximum Gasteiger partial charge on any atom is 0.256 e. The Hall–Kier alpha value is -4.66. The molecule has 0 unspecified atom stereocenters. The minimum atomic E-state index is -0.601. The van der Waals surface area contributed by atoms with E-state index in [1.165, 1.54) is 13.2 Å². The largest absolute Gasteiger partial charge is 0.493 e. The highest BCUT2D eigenvalue weighted by atomic mass is 16.5.